The normalized spacial score (nSPS) is 24.2. The van der Waals surface area contributed by atoms with Gasteiger partial charge in [-0.05, 0) is 30.5 Å². The molecule has 1 aromatic rings. The molecular weight excluding hydrogens is 266 g/mol. The second-order valence-corrected chi connectivity index (χ2v) is 5.69. The Morgan fingerprint density at radius 3 is 2.19 bits per heavy atom. The number of nitrogens with zero attached hydrogens (tertiary/aromatic N) is 1. The SMILES string of the molecule is N#CC1(C2(c3ccc(Br)cc3)COC2)CC1. The van der Waals surface area contributed by atoms with Gasteiger partial charge in [0.15, 0.2) is 0 Å². The molecule has 1 aliphatic carbocycles. The van der Waals surface area contributed by atoms with Gasteiger partial charge in [-0.15, -0.1) is 0 Å². The Morgan fingerprint density at radius 1 is 1.19 bits per heavy atom. The van der Waals surface area contributed by atoms with Crippen LogP contribution in [0.25, 0.3) is 0 Å². The summed E-state index contributed by atoms with van der Waals surface area (Å²) in [5.41, 5.74) is 1.06. The molecule has 2 fully saturated rings. The maximum absolute atomic E-state index is 9.36. The molecule has 0 aromatic heterocycles. The molecule has 0 spiro atoms. The lowest BCUT2D eigenvalue weighted by atomic mass is 9.67. The first-order chi connectivity index (χ1) is 7.72. The summed E-state index contributed by atoms with van der Waals surface area (Å²) in [5.74, 6) is 0. The number of ether oxygens (including phenoxy) is 1. The van der Waals surface area contributed by atoms with Gasteiger partial charge >= 0.3 is 0 Å². The van der Waals surface area contributed by atoms with Gasteiger partial charge in [0.05, 0.1) is 30.1 Å². The van der Waals surface area contributed by atoms with Gasteiger partial charge in [-0.25, -0.2) is 0 Å². The van der Waals surface area contributed by atoms with E-state index in [1.54, 1.807) is 0 Å². The van der Waals surface area contributed by atoms with Crippen molar-refractivity contribution < 1.29 is 4.74 Å². The zero-order valence-electron chi connectivity index (χ0n) is 8.87. The Kier molecular flexibility index (Phi) is 2.14. The standard InChI is InChI=1S/C13H12BrNO/c14-11-3-1-10(2-4-11)13(8-16-9-13)12(7-15)5-6-12/h1-4H,5-6,8-9H2. The van der Waals surface area contributed by atoms with Crippen molar-refractivity contribution in [2.24, 2.45) is 5.41 Å². The molecule has 16 heavy (non-hydrogen) atoms. The van der Waals surface area contributed by atoms with Crippen molar-refractivity contribution >= 4 is 15.9 Å². The zero-order valence-corrected chi connectivity index (χ0v) is 10.5. The number of rotatable bonds is 2. The van der Waals surface area contributed by atoms with Crippen LogP contribution in [0.2, 0.25) is 0 Å². The lowest BCUT2D eigenvalue weighted by Gasteiger charge is -2.45. The smallest absolute Gasteiger partial charge is 0.0716 e. The summed E-state index contributed by atoms with van der Waals surface area (Å²) in [6.45, 7) is 1.39. The topological polar surface area (TPSA) is 33.0 Å². The molecule has 3 heteroatoms. The average molecular weight is 278 g/mol. The van der Waals surface area contributed by atoms with E-state index in [1.807, 2.05) is 12.1 Å². The third kappa shape index (κ3) is 1.20. The van der Waals surface area contributed by atoms with Crippen LogP contribution in [0.5, 0.6) is 0 Å². The van der Waals surface area contributed by atoms with Crippen LogP contribution in [-0.4, -0.2) is 13.2 Å². The van der Waals surface area contributed by atoms with Crippen molar-refractivity contribution in [1.82, 2.24) is 0 Å². The number of hydrogen-bond donors (Lipinski definition) is 0. The number of benzene rings is 1. The first-order valence-corrected chi connectivity index (χ1v) is 6.27. The fourth-order valence-corrected chi connectivity index (χ4v) is 2.88. The molecule has 2 aliphatic rings. The van der Waals surface area contributed by atoms with Crippen LogP contribution in [-0.2, 0) is 10.2 Å². The van der Waals surface area contributed by atoms with Crippen molar-refractivity contribution in [1.29, 1.82) is 5.26 Å². The molecule has 1 heterocycles. The van der Waals surface area contributed by atoms with Gasteiger partial charge in [0.1, 0.15) is 0 Å². The molecule has 1 saturated heterocycles. The van der Waals surface area contributed by atoms with Crippen LogP contribution >= 0.6 is 15.9 Å². The van der Waals surface area contributed by atoms with Gasteiger partial charge in [0.2, 0.25) is 0 Å². The van der Waals surface area contributed by atoms with E-state index in [9.17, 15) is 5.26 Å². The highest BCUT2D eigenvalue weighted by molar-refractivity contribution is 9.10. The van der Waals surface area contributed by atoms with Crippen molar-refractivity contribution in [3.63, 3.8) is 0 Å². The van der Waals surface area contributed by atoms with E-state index in [0.717, 1.165) is 17.3 Å². The van der Waals surface area contributed by atoms with E-state index in [4.69, 9.17) is 4.74 Å². The first kappa shape index (κ1) is 10.3. The summed E-state index contributed by atoms with van der Waals surface area (Å²) in [4.78, 5) is 0. The predicted octanol–water partition coefficient (Wildman–Crippen LogP) is 3.02. The summed E-state index contributed by atoms with van der Waals surface area (Å²) >= 11 is 3.44. The van der Waals surface area contributed by atoms with Gasteiger partial charge in [-0.2, -0.15) is 5.26 Å². The van der Waals surface area contributed by atoms with Crippen LogP contribution in [0.15, 0.2) is 28.7 Å². The van der Waals surface area contributed by atoms with Gasteiger partial charge in [-0.1, -0.05) is 28.1 Å². The van der Waals surface area contributed by atoms with E-state index in [-0.39, 0.29) is 10.8 Å². The van der Waals surface area contributed by atoms with Crippen molar-refractivity contribution in [2.45, 2.75) is 18.3 Å². The van der Waals surface area contributed by atoms with Crippen molar-refractivity contribution in [3.05, 3.63) is 34.3 Å². The summed E-state index contributed by atoms with van der Waals surface area (Å²) in [5, 5.41) is 9.36. The number of nitriles is 1. The molecular formula is C13H12BrNO. The lowest BCUT2D eigenvalue weighted by molar-refractivity contribution is -0.0867. The van der Waals surface area contributed by atoms with E-state index < -0.39 is 0 Å². The molecule has 1 saturated carbocycles. The third-order valence-electron chi connectivity index (χ3n) is 3.97. The van der Waals surface area contributed by atoms with Crippen LogP contribution in [0.3, 0.4) is 0 Å². The summed E-state index contributed by atoms with van der Waals surface area (Å²) in [6, 6.07) is 10.8. The molecule has 0 atom stereocenters. The summed E-state index contributed by atoms with van der Waals surface area (Å²) in [6.07, 6.45) is 2.03. The van der Waals surface area contributed by atoms with E-state index in [1.165, 1.54) is 5.56 Å². The fourth-order valence-electron chi connectivity index (χ4n) is 2.62. The molecule has 0 bridgehead atoms. The molecule has 0 unspecified atom stereocenters. The first-order valence-electron chi connectivity index (χ1n) is 5.48. The van der Waals surface area contributed by atoms with Crippen molar-refractivity contribution in [2.75, 3.05) is 13.2 Å². The van der Waals surface area contributed by atoms with E-state index in [0.29, 0.717) is 13.2 Å². The Bertz CT molecular complexity index is 452. The number of halogens is 1. The Labute approximate surface area is 103 Å². The Morgan fingerprint density at radius 2 is 1.81 bits per heavy atom. The van der Waals surface area contributed by atoms with Crippen molar-refractivity contribution in [3.8, 4) is 6.07 Å². The molecule has 82 valence electrons. The van der Waals surface area contributed by atoms with Crippen LogP contribution in [0, 0.1) is 16.7 Å². The van der Waals surface area contributed by atoms with Crippen LogP contribution in [0.4, 0.5) is 0 Å². The van der Waals surface area contributed by atoms with Crippen LogP contribution in [0.1, 0.15) is 18.4 Å². The second kappa shape index (κ2) is 3.32. The molecule has 0 N–H and O–H groups in total. The molecule has 3 rings (SSSR count). The molecule has 1 aliphatic heterocycles. The zero-order chi connectivity index (χ0) is 11.2. The minimum Gasteiger partial charge on any atom is -0.379 e. The summed E-state index contributed by atoms with van der Waals surface area (Å²) in [7, 11) is 0. The van der Waals surface area contributed by atoms with Gasteiger partial charge in [0.25, 0.3) is 0 Å². The molecule has 1 aromatic carbocycles. The Hall–Kier alpha value is -0.850. The predicted molar refractivity (Wildman–Crippen MR) is 63.9 cm³/mol. The monoisotopic (exact) mass is 277 g/mol. The van der Waals surface area contributed by atoms with E-state index >= 15 is 0 Å². The third-order valence-corrected chi connectivity index (χ3v) is 4.50. The van der Waals surface area contributed by atoms with Crippen LogP contribution < -0.4 is 0 Å². The maximum atomic E-state index is 9.36. The van der Waals surface area contributed by atoms with Gasteiger partial charge in [-0.3, -0.25) is 0 Å². The molecule has 2 nitrogen and oxygen atoms in total. The lowest BCUT2D eigenvalue weighted by Crippen LogP contribution is -2.53. The highest BCUT2D eigenvalue weighted by atomic mass is 79.9. The Balaban J connectivity index is 2.03. The van der Waals surface area contributed by atoms with E-state index in [2.05, 4.69) is 34.1 Å². The fraction of sp³-hybridized carbons (Fsp3) is 0.462. The highest BCUT2D eigenvalue weighted by Crippen LogP contribution is 2.62. The minimum absolute atomic E-state index is 0.0392. The largest absolute Gasteiger partial charge is 0.379 e. The highest BCUT2D eigenvalue weighted by Gasteiger charge is 2.64. The van der Waals surface area contributed by atoms with Gasteiger partial charge in [0, 0.05) is 4.47 Å². The minimum atomic E-state index is -0.154. The number of hydrogen-bond acceptors (Lipinski definition) is 2. The maximum Gasteiger partial charge on any atom is 0.0716 e. The molecule has 0 amide bonds. The van der Waals surface area contributed by atoms with Gasteiger partial charge < -0.3 is 4.74 Å². The summed E-state index contributed by atoms with van der Waals surface area (Å²) < 4.78 is 6.47. The molecule has 0 radical (unpaired) electrons. The second-order valence-electron chi connectivity index (χ2n) is 4.78. The quantitative estimate of drug-likeness (QED) is 0.833. The average Bonchev–Trinajstić information content (AvgIpc) is 3.01.